The first kappa shape index (κ1) is 21.7. The van der Waals surface area contributed by atoms with Gasteiger partial charge in [-0.25, -0.2) is 4.39 Å². The van der Waals surface area contributed by atoms with E-state index in [2.05, 4.69) is 9.17 Å². The molecule has 12 heteroatoms. The number of phenols is 1. The van der Waals surface area contributed by atoms with E-state index in [1.54, 1.807) is 0 Å². The molecule has 0 saturated heterocycles. The standard InChI is InChI=1S/C20H14F4N2O5S/c1-26-9-14-15(19(26)28)17(27)16-13(18(14)31-32(29,30)20(22,23)24)7-11(8-25-16)6-10-2-4-12(21)5-3-10/h2-5,7-9,27-28H,6H2,1H3. The van der Waals surface area contributed by atoms with Crippen molar-refractivity contribution in [1.29, 1.82) is 0 Å². The van der Waals surface area contributed by atoms with Crippen molar-refractivity contribution in [2.24, 2.45) is 7.05 Å². The molecule has 0 amide bonds. The van der Waals surface area contributed by atoms with E-state index in [4.69, 9.17) is 0 Å². The molecule has 2 aromatic carbocycles. The molecule has 0 aliphatic carbocycles. The van der Waals surface area contributed by atoms with Crippen LogP contribution in [-0.2, 0) is 23.6 Å². The highest BCUT2D eigenvalue weighted by molar-refractivity contribution is 7.88. The van der Waals surface area contributed by atoms with E-state index in [9.17, 15) is 36.2 Å². The Morgan fingerprint density at radius 2 is 1.75 bits per heavy atom. The topological polar surface area (TPSA) is 102 Å². The number of benzene rings is 2. The lowest BCUT2D eigenvalue weighted by Gasteiger charge is -2.14. The van der Waals surface area contributed by atoms with Crippen molar-refractivity contribution < 1.29 is 40.4 Å². The van der Waals surface area contributed by atoms with Crippen LogP contribution in [0.2, 0.25) is 0 Å². The van der Waals surface area contributed by atoms with Gasteiger partial charge in [0.2, 0.25) is 5.88 Å². The Bertz CT molecular complexity index is 1460. The third kappa shape index (κ3) is 3.55. The molecule has 32 heavy (non-hydrogen) atoms. The first-order valence-electron chi connectivity index (χ1n) is 8.96. The molecule has 0 aliphatic heterocycles. The zero-order valence-corrected chi connectivity index (χ0v) is 17.0. The highest BCUT2D eigenvalue weighted by atomic mass is 32.2. The lowest BCUT2D eigenvalue weighted by Crippen LogP contribution is -2.28. The Morgan fingerprint density at radius 3 is 2.38 bits per heavy atom. The molecule has 0 radical (unpaired) electrons. The molecule has 7 nitrogen and oxygen atoms in total. The van der Waals surface area contributed by atoms with Crippen LogP contribution in [-0.4, -0.2) is 33.7 Å². The summed E-state index contributed by atoms with van der Waals surface area (Å²) in [6.07, 6.45) is 2.63. The molecule has 0 spiro atoms. The molecule has 2 aromatic heterocycles. The first-order chi connectivity index (χ1) is 14.9. The van der Waals surface area contributed by atoms with Gasteiger partial charge in [-0.3, -0.25) is 4.98 Å². The smallest absolute Gasteiger partial charge is 0.505 e. The maximum Gasteiger partial charge on any atom is 0.534 e. The summed E-state index contributed by atoms with van der Waals surface area (Å²) in [5.41, 5.74) is -4.90. The van der Waals surface area contributed by atoms with Gasteiger partial charge in [0.25, 0.3) is 0 Å². The van der Waals surface area contributed by atoms with Crippen molar-refractivity contribution in [2.45, 2.75) is 11.9 Å². The molecule has 4 rings (SSSR count). The monoisotopic (exact) mass is 470 g/mol. The maximum absolute atomic E-state index is 13.1. The molecular weight excluding hydrogens is 456 g/mol. The fourth-order valence-corrected chi connectivity index (χ4v) is 3.83. The molecule has 0 atom stereocenters. The fourth-order valence-electron chi connectivity index (χ4n) is 3.34. The van der Waals surface area contributed by atoms with Gasteiger partial charge in [-0.1, -0.05) is 12.1 Å². The number of aryl methyl sites for hydroxylation is 1. The summed E-state index contributed by atoms with van der Waals surface area (Å²) >= 11 is 0. The summed E-state index contributed by atoms with van der Waals surface area (Å²) < 4.78 is 81.3. The minimum atomic E-state index is -6.07. The number of hydrogen-bond donors (Lipinski definition) is 2. The maximum atomic E-state index is 13.1. The van der Waals surface area contributed by atoms with Crippen molar-refractivity contribution in [2.75, 3.05) is 0 Å². The van der Waals surface area contributed by atoms with E-state index in [-0.39, 0.29) is 28.1 Å². The van der Waals surface area contributed by atoms with Gasteiger partial charge in [0.1, 0.15) is 11.3 Å². The van der Waals surface area contributed by atoms with Crippen LogP contribution in [0.15, 0.2) is 42.7 Å². The Labute approximate surface area is 178 Å². The van der Waals surface area contributed by atoms with Crippen molar-refractivity contribution >= 4 is 31.8 Å². The number of halogens is 4. The number of pyridine rings is 1. The number of phenolic OH excluding ortho intramolecular Hbond substituents is 1. The number of hydrogen-bond acceptors (Lipinski definition) is 6. The van der Waals surface area contributed by atoms with Crippen molar-refractivity contribution in [1.82, 2.24) is 9.55 Å². The summed E-state index contributed by atoms with van der Waals surface area (Å²) in [6, 6.07) is 6.78. The minimum absolute atomic E-state index is 0.188. The largest absolute Gasteiger partial charge is 0.534 e. The van der Waals surface area contributed by atoms with Crippen LogP contribution in [0.5, 0.6) is 17.4 Å². The molecule has 2 heterocycles. The van der Waals surface area contributed by atoms with Gasteiger partial charge in [0.15, 0.2) is 11.5 Å². The number of rotatable bonds is 4. The lowest BCUT2D eigenvalue weighted by molar-refractivity contribution is -0.0499. The van der Waals surface area contributed by atoms with E-state index in [1.165, 1.54) is 43.6 Å². The Kier molecular flexibility index (Phi) is 4.92. The number of alkyl halides is 3. The average molecular weight is 470 g/mol. The van der Waals surface area contributed by atoms with Crippen LogP contribution in [0.25, 0.3) is 21.7 Å². The highest BCUT2D eigenvalue weighted by Gasteiger charge is 2.49. The Morgan fingerprint density at radius 1 is 1.09 bits per heavy atom. The van der Waals surface area contributed by atoms with E-state index in [0.29, 0.717) is 11.1 Å². The van der Waals surface area contributed by atoms with Gasteiger partial charge in [0, 0.05) is 24.8 Å². The second-order valence-corrected chi connectivity index (χ2v) is 8.59. The molecule has 0 saturated carbocycles. The Balaban J connectivity index is 1.98. The van der Waals surface area contributed by atoms with E-state index >= 15 is 0 Å². The molecule has 0 bridgehead atoms. The SMILES string of the molecule is Cn1cc2c(OS(=O)(=O)C(F)(F)F)c3cc(Cc4ccc(F)cc4)cnc3c(O)c2c1O. The van der Waals surface area contributed by atoms with Gasteiger partial charge >= 0.3 is 15.6 Å². The normalized spacial score (nSPS) is 12.5. The van der Waals surface area contributed by atoms with Crippen LogP contribution in [0, 0.1) is 5.82 Å². The van der Waals surface area contributed by atoms with Crippen molar-refractivity contribution in [3.63, 3.8) is 0 Å². The number of nitrogens with zero attached hydrogens (tertiary/aromatic N) is 2. The van der Waals surface area contributed by atoms with E-state index in [1.807, 2.05) is 0 Å². The van der Waals surface area contributed by atoms with Crippen LogP contribution >= 0.6 is 0 Å². The van der Waals surface area contributed by atoms with Gasteiger partial charge in [-0.05, 0) is 35.7 Å². The van der Waals surface area contributed by atoms with Gasteiger partial charge in [-0.2, -0.15) is 21.6 Å². The van der Waals surface area contributed by atoms with E-state index < -0.39 is 38.8 Å². The zero-order valence-electron chi connectivity index (χ0n) is 16.2. The summed E-state index contributed by atoms with van der Waals surface area (Å²) in [4.78, 5) is 4.05. The number of aromatic hydroxyl groups is 2. The first-order valence-corrected chi connectivity index (χ1v) is 10.4. The molecule has 0 aliphatic rings. The summed E-state index contributed by atoms with van der Waals surface area (Å²) in [6.45, 7) is 0. The summed E-state index contributed by atoms with van der Waals surface area (Å²) in [5.74, 6) is -2.27. The van der Waals surface area contributed by atoms with E-state index in [0.717, 1.165) is 10.8 Å². The minimum Gasteiger partial charge on any atom is -0.505 e. The molecule has 4 aromatic rings. The predicted octanol–water partition coefficient (Wildman–Crippen LogP) is 4.10. The molecule has 0 fully saturated rings. The second-order valence-electron chi connectivity index (χ2n) is 7.06. The summed E-state index contributed by atoms with van der Waals surface area (Å²) in [7, 11) is -4.73. The van der Waals surface area contributed by atoms with Crippen molar-refractivity contribution in [3.05, 3.63) is 59.7 Å². The Hall–Kier alpha value is -3.54. The predicted molar refractivity (Wildman–Crippen MR) is 106 cm³/mol. The van der Waals surface area contributed by atoms with Crippen molar-refractivity contribution in [3.8, 4) is 17.4 Å². The van der Waals surface area contributed by atoms with Crippen LogP contribution < -0.4 is 4.18 Å². The molecule has 2 N–H and O–H groups in total. The van der Waals surface area contributed by atoms with Gasteiger partial charge < -0.3 is 19.0 Å². The third-order valence-electron chi connectivity index (χ3n) is 4.84. The van der Waals surface area contributed by atoms with Gasteiger partial charge in [-0.15, -0.1) is 0 Å². The number of aromatic nitrogens is 2. The lowest BCUT2D eigenvalue weighted by atomic mass is 10.0. The van der Waals surface area contributed by atoms with Crippen LogP contribution in [0.3, 0.4) is 0 Å². The van der Waals surface area contributed by atoms with Crippen LogP contribution in [0.4, 0.5) is 17.6 Å². The summed E-state index contributed by atoms with van der Waals surface area (Å²) in [5, 5.41) is 20.0. The average Bonchev–Trinajstić information content (AvgIpc) is 3.01. The zero-order chi connectivity index (χ0) is 23.4. The fraction of sp³-hybridized carbons (Fsp3) is 0.150. The number of fused-ring (bicyclic) bond motifs is 2. The van der Waals surface area contributed by atoms with Crippen LogP contribution in [0.1, 0.15) is 11.1 Å². The quantitative estimate of drug-likeness (QED) is 0.265. The third-order valence-corrected chi connectivity index (χ3v) is 5.80. The molecular formula is C20H14F4N2O5S. The molecule has 0 unspecified atom stereocenters. The van der Waals surface area contributed by atoms with Gasteiger partial charge in [0.05, 0.1) is 10.8 Å². The highest BCUT2D eigenvalue weighted by Crippen LogP contribution is 2.47. The molecule has 168 valence electrons. The second kappa shape index (κ2) is 7.26.